The molecule has 0 bridgehead atoms. The number of hydrogen-bond acceptors (Lipinski definition) is 5. The van der Waals surface area contributed by atoms with E-state index in [0.717, 1.165) is 16.5 Å². The molecule has 0 aliphatic carbocycles. The second-order valence-electron chi connectivity index (χ2n) is 5.29. The number of primary amides is 1. The number of aromatic nitrogens is 1. The Labute approximate surface area is 141 Å². The standard InChI is InChI=1S/C18H13N3O2S/c19-15-14-11(10-5-2-1-3-6-10)9-12(13-7-4-8-23-13)21-18(14)24-16(15)17(20)22/h1-9H,19H2,(H2,20,22). The molecule has 0 atom stereocenters. The van der Waals surface area contributed by atoms with Gasteiger partial charge in [0.2, 0.25) is 0 Å². The molecule has 0 saturated heterocycles. The summed E-state index contributed by atoms with van der Waals surface area (Å²) in [5.74, 6) is 0.107. The Kier molecular flexibility index (Phi) is 3.32. The average Bonchev–Trinajstić information content (AvgIpc) is 3.23. The fourth-order valence-electron chi connectivity index (χ4n) is 2.70. The van der Waals surface area contributed by atoms with E-state index in [1.165, 1.54) is 11.3 Å². The molecule has 4 N–H and O–H groups in total. The Bertz CT molecular complexity index is 1040. The number of anilines is 1. The van der Waals surface area contributed by atoms with Gasteiger partial charge in [-0.25, -0.2) is 4.98 Å². The number of hydrogen-bond donors (Lipinski definition) is 2. The molecule has 0 radical (unpaired) electrons. The Hall–Kier alpha value is -3.12. The Balaban J connectivity index is 2.08. The maximum atomic E-state index is 11.7. The largest absolute Gasteiger partial charge is 0.463 e. The van der Waals surface area contributed by atoms with Crippen molar-refractivity contribution in [1.29, 1.82) is 0 Å². The van der Waals surface area contributed by atoms with Gasteiger partial charge < -0.3 is 15.9 Å². The van der Waals surface area contributed by atoms with Gasteiger partial charge in [-0.15, -0.1) is 11.3 Å². The van der Waals surface area contributed by atoms with E-state index in [1.54, 1.807) is 12.3 Å². The minimum absolute atomic E-state index is 0.325. The van der Waals surface area contributed by atoms with Crippen LogP contribution in [0.15, 0.2) is 59.2 Å². The Morgan fingerprint density at radius 3 is 2.58 bits per heavy atom. The van der Waals surface area contributed by atoms with Crippen molar-refractivity contribution in [2.75, 3.05) is 5.73 Å². The molecular weight excluding hydrogens is 322 g/mol. The summed E-state index contributed by atoms with van der Waals surface area (Å²) >= 11 is 1.20. The fraction of sp³-hybridized carbons (Fsp3) is 0. The number of pyridine rings is 1. The summed E-state index contributed by atoms with van der Waals surface area (Å²) in [6, 6.07) is 15.4. The molecule has 3 aromatic heterocycles. The number of carbonyl (C=O) groups is 1. The summed E-state index contributed by atoms with van der Waals surface area (Å²) < 4.78 is 5.46. The molecule has 5 nitrogen and oxygen atoms in total. The molecule has 118 valence electrons. The minimum Gasteiger partial charge on any atom is -0.463 e. The highest BCUT2D eigenvalue weighted by atomic mass is 32.1. The van der Waals surface area contributed by atoms with Crippen molar-refractivity contribution in [3.8, 4) is 22.6 Å². The van der Waals surface area contributed by atoms with Crippen LogP contribution in [0.1, 0.15) is 9.67 Å². The van der Waals surface area contributed by atoms with E-state index in [9.17, 15) is 4.79 Å². The molecule has 4 aromatic rings. The van der Waals surface area contributed by atoms with Gasteiger partial charge in [-0.3, -0.25) is 4.79 Å². The zero-order chi connectivity index (χ0) is 16.7. The normalized spacial score (nSPS) is 11.0. The number of thiophene rings is 1. The lowest BCUT2D eigenvalue weighted by Gasteiger charge is -2.07. The van der Waals surface area contributed by atoms with Crippen LogP contribution >= 0.6 is 11.3 Å². The van der Waals surface area contributed by atoms with Crippen molar-refractivity contribution in [1.82, 2.24) is 4.98 Å². The van der Waals surface area contributed by atoms with Crippen LogP contribution in [0.4, 0.5) is 5.69 Å². The lowest BCUT2D eigenvalue weighted by atomic mass is 10.0. The third-order valence-corrected chi connectivity index (χ3v) is 4.90. The first-order valence-corrected chi connectivity index (χ1v) is 8.09. The Morgan fingerprint density at radius 1 is 1.12 bits per heavy atom. The first-order valence-electron chi connectivity index (χ1n) is 7.27. The summed E-state index contributed by atoms with van der Waals surface area (Å²) in [5.41, 5.74) is 14.6. The predicted molar refractivity (Wildman–Crippen MR) is 95.7 cm³/mol. The van der Waals surface area contributed by atoms with Gasteiger partial charge in [-0.1, -0.05) is 30.3 Å². The van der Waals surface area contributed by atoms with Crippen molar-refractivity contribution in [2.45, 2.75) is 0 Å². The summed E-state index contributed by atoms with van der Waals surface area (Å²) in [4.78, 5) is 17.3. The maximum absolute atomic E-state index is 11.7. The number of benzene rings is 1. The molecule has 6 heteroatoms. The van der Waals surface area contributed by atoms with Crippen molar-refractivity contribution >= 4 is 33.1 Å². The third kappa shape index (κ3) is 2.24. The number of amides is 1. The fourth-order valence-corrected chi connectivity index (χ4v) is 3.67. The van der Waals surface area contributed by atoms with Crippen LogP contribution in [0.2, 0.25) is 0 Å². The molecule has 0 aliphatic rings. The molecule has 0 unspecified atom stereocenters. The molecule has 0 fully saturated rings. The summed E-state index contributed by atoms with van der Waals surface area (Å²) in [5, 5.41) is 0.746. The maximum Gasteiger partial charge on any atom is 0.260 e. The van der Waals surface area contributed by atoms with Crippen LogP contribution < -0.4 is 11.5 Å². The van der Waals surface area contributed by atoms with Gasteiger partial charge in [0.25, 0.3) is 5.91 Å². The van der Waals surface area contributed by atoms with E-state index < -0.39 is 5.91 Å². The number of furan rings is 1. The third-order valence-electron chi connectivity index (χ3n) is 3.78. The van der Waals surface area contributed by atoms with Gasteiger partial charge >= 0.3 is 0 Å². The van der Waals surface area contributed by atoms with Crippen LogP contribution in [0.25, 0.3) is 32.8 Å². The van der Waals surface area contributed by atoms with E-state index in [2.05, 4.69) is 4.98 Å². The molecule has 4 rings (SSSR count). The summed E-state index contributed by atoms with van der Waals surface area (Å²) in [6.07, 6.45) is 1.60. The number of nitrogens with zero attached hydrogens (tertiary/aromatic N) is 1. The van der Waals surface area contributed by atoms with Crippen LogP contribution in [-0.4, -0.2) is 10.9 Å². The monoisotopic (exact) mass is 335 g/mol. The van der Waals surface area contributed by atoms with Crippen LogP contribution in [0.5, 0.6) is 0 Å². The quantitative estimate of drug-likeness (QED) is 0.593. The Morgan fingerprint density at radius 2 is 1.92 bits per heavy atom. The zero-order valence-electron chi connectivity index (χ0n) is 12.5. The van der Waals surface area contributed by atoms with Crippen molar-refractivity contribution in [2.24, 2.45) is 5.73 Å². The molecule has 1 aromatic carbocycles. The molecule has 0 saturated carbocycles. The van der Waals surface area contributed by atoms with Crippen molar-refractivity contribution in [3.05, 3.63) is 59.7 Å². The summed E-state index contributed by atoms with van der Waals surface area (Å²) in [6.45, 7) is 0. The van der Waals surface area contributed by atoms with E-state index in [-0.39, 0.29) is 0 Å². The zero-order valence-corrected chi connectivity index (χ0v) is 13.3. The average molecular weight is 335 g/mol. The van der Waals surface area contributed by atoms with Gasteiger partial charge in [0.15, 0.2) is 5.76 Å². The van der Waals surface area contributed by atoms with Crippen molar-refractivity contribution < 1.29 is 9.21 Å². The van der Waals surface area contributed by atoms with Gasteiger partial charge in [0.05, 0.1) is 12.0 Å². The van der Waals surface area contributed by atoms with Crippen LogP contribution in [0.3, 0.4) is 0 Å². The highest BCUT2D eigenvalue weighted by Crippen LogP contribution is 2.41. The lowest BCUT2D eigenvalue weighted by Crippen LogP contribution is -2.10. The topological polar surface area (TPSA) is 95.1 Å². The van der Waals surface area contributed by atoms with E-state index >= 15 is 0 Å². The van der Waals surface area contributed by atoms with Gasteiger partial charge in [-0.2, -0.15) is 0 Å². The minimum atomic E-state index is -0.547. The van der Waals surface area contributed by atoms with E-state index in [4.69, 9.17) is 15.9 Å². The number of rotatable bonds is 3. The first-order chi connectivity index (χ1) is 11.6. The number of nitrogens with two attached hydrogens (primary N) is 2. The molecule has 1 amide bonds. The highest BCUT2D eigenvalue weighted by molar-refractivity contribution is 7.21. The van der Waals surface area contributed by atoms with Crippen molar-refractivity contribution in [3.63, 3.8) is 0 Å². The molecular formula is C18H13N3O2S. The van der Waals surface area contributed by atoms with E-state index in [1.807, 2.05) is 42.5 Å². The molecule has 0 spiro atoms. The number of fused-ring (bicyclic) bond motifs is 1. The molecule has 3 heterocycles. The second kappa shape index (κ2) is 5.50. The molecule has 24 heavy (non-hydrogen) atoms. The van der Waals surface area contributed by atoms with Crippen LogP contribution in [-0.2, 0) is 0 Å². The molecule has 0 aliphatic heterocycles. The van der Waals surface area contributed by atoms with Gasteiger partial charge in [-0.05, 0) is 29.3 Å². The predicted octanol–water partition coefficient (Wildman–Crippen LogP) is 3.90. The van der Waals surface area contributed by atoms with Gasteiger partial charge in [0, 0.05) is 5.39 Å². The highest BCUT2D eigenvalue weighted by Gasteiger charge is 2.20. The summed E-state index contributed by atoms with van der Waals surface area (Å²) in [7, 11) is 0. The lowest BCUT2D eigenvalue weighted by molar-refractivity contribution is 0.100. The first kappa shape index (κ1) is 14.5. The van der Waals surface area contributed by atoms with Crippen LogP contribution in [0, 0.1) is 0 Å². The smallest absolute Gasteiger partial charge is 0.260 e. The van der Waals surface area contributed by atoms with Gasteiger partial charge in [0.1, 0.15) is 15.4 Å². The second-order valence-corrected chi connectivity index (χ2v) is 6.29. The SMILES string of the molecule is NC(=O)c1sc2nc(-c3ccco3)cc(-c3ccccc3)c2c1N. The van der Waals surface area contributed by atoms with E-state index in [0.29, 0.717) is 26.8 Å². The number of nitrogen functional groups attached to an aromatic ring is 1. The number of carbonyl (C=O) groups excluding carboxylic acids is 1.